The quantitative estimate of drug-likeness (QED) is 0.855. The number of nitrogens with one attached hydrogen (secondary N) is 1. The lowest BCUT2D eigenvalue weighted by molar-refractivity contribution is 0.183. The molecule has 2 saturated heterocycles. The molecule has 1 N–H and O–H groups in total. The minimum atomic E-state index is -3.08. The van der Waals surface area contributed by atoms with E-state index < -0.39 is 10.0 Å². The maximum atomic E-state index is 12.2. The van der Waals surface area contributed by atoms with E-state index in [0.717, 1.165) is 45.4 Å². The van der Waals surface area contributed by atoms with Crippen molar-refractivity contribution < 1.29 is 13.2 Å². The summed E-state index contributed by atoms with van der Waals surface area (Å²) in [4.78, 5) is 0. The highest BCUT2D eigenvalue weighted by Gasteiger charge is 2.46. The van der Waals surface area contributed by atoms with Gasteiger partial charge in [-0.3, -0.25) is 0 Å². The van der Waals surface area contributed by atoms with Crippen LogP contribution in [0.25, 0.3) is 0 Å². The second-order valence-electron chi connectivity index (χ2n) is 8.06. The molecule has 1 aliphatic carbocycles. The Morgan fingerprint density at radius 3 is 2.73 bits per heavy atom. The summed E-state index contributed by atoms with van der Waals surface area (Å²) in [5.41, 5.74) is 2.98. The van der Waals surface area contributed by atoms with Gasteiger partial charge in [0.1, 0.15) is 0 Å². The van der Waals surface area contributed by atoms with Crippen molar-refractivity contribution in [3.05, 3.63) is 35.4 Å². The first kappa shape index (κ1) is 18.4. The fourth-order valence-electron chi connectivity index (χ4n) is 4.98. The van der Waals surface area contributed by atoms with Crippen LogP contribution in [0.2, 0.25) is 0 Å². The molecule has 0 radical (unpaired) electrons. The van der Waals surface area contributed by atoms with Crippen LogP contribution >= 0.6 is 0 Å². The number of hydrogen-bond donors (Lipinski definition) is 1. The Bertz CT molecular complexity index is 735. The Morgan fingerprint density at radius 1 is 1.27 bits per heavy atom. The molecule has 0 aromatic heterocycles. The molecule has 26 heavy (non-hydrogen) atoms. The molecule has 144 valence electrons. The van der Waals surface area contributed by atoms with Crippen LogP contribution in [0.4, 0.5) is 0 Å². The molecule has 0 saturated carbocycles. The normalized spacial score (nSPS) is 28.5. The van der Waals surface area contributed by atoms with Gasteiger partial charge < -0.3 is 10.1 Å². The number of benzene rings is 1. The summed E-state index contributed by atoms with van der Waals surface area (Å²) in [5, 5.41) is 3.79. The Hall–Kier alpha value is -0.950. The van der Waals surface area contributed by atoms with Crippen LogP contribution in [-0.2, 0) is 20.2 Å². The first-order chi connectivity index (χ1) is 12.5. The second kappa shape index (κ2) is 7.23. The highest BCUT2D eigenvalue weighted by Crippen LogP contribution is 2.51. The minimum Gasteiger partial charge on any atom is -0.381 e. The lowest BCUT2D eigenvalue weighted by Gasteiger charge is -2.39. The van der Waals surface area contributed by atoms with Gasteiger partial charge in [-0.1, -0.05) is 24.3 Å². The first-order valence-corrected chi connectivity index (χ1v) is 11.5. The fraction of sp³-hybridized carbons (Fsp3) is 0.700. The molecule has 0 amide bonds. The second-order valence-corrected chi connectivity index (χ2v) is 10.3. The van der Waals surface area contributed by atoms with Gasteiger partial charge in [-0.2, -0.15) is 0 Å². The molecule has 2 fully saturated rings. The van der Waals surface area contributed by atoms with Gasteiger partial charge in [-0.05, 0) is 55.1 Å². The van der Waals surface area contributed by atoms with Crippen LogP contribution in [0.15, 0.2) is 24.3 Å². The molecule has 1 aromatic carbocycles. The standard InChI is InChI=1S/C20H30N2O3S/c1-2-26(23,24)22-10-8-20(9-11-22)13-19(17-5-3-4-6-18(17)20)21-14-16-7-12-25-15-16/h3-6,16,19,21H,2,7-15H2,1H3. The summed E-state index contributed by atoms with van der Waals surface area (Å²) >= 11 is 0. The molecular weight excluding hydrogens is 348 g/mol. The Balaban J connectivity index is 1.49. The number of ether oxygens (including phenoxy) is 1. The molecule has 5 nitrogen and oxygen atoms in total. The number of hydrogen-bond acceptors (Lipinski definition) is 4. The smallest absolute Gasteiger partial charge is 0.213 e. The van der Waals surface area contributed by atoms with Crippen LogP contribution in [0, 0.1) is 5.92 Å². The number of nitrogens with zero attached hydrogens (tertiary/aromatic N) is 1. The summed E-state index contributed by atoms with van der Waals surface area (Å²) in [6, 6.07) is 9.15. The molecule has 1 aromatic rings. The largest absolute Gasteiger partial charge is 0.381 e. The van der Waals surface area contributed by atoms with Crippen LogP contribution in [-0.4, -0.2) is 51.3 Å². The monoisotopic (exact) mass is 378 g/mol. The molecule has 4 rings (SSSR count). The zero-order valence-corrected chi connectivity index (χ0v) is 16.4. The van der Waals surface area contributed by atoms with E-state index >= 15 is 0 Å². The highest BCUT2D eigenvalue weighted by molar-refractivity contribution is 7.89. The SMILES string of the molecule is CCS(=O)(=O)N1CCC2(CC1)CC(NCC1CCOC1)c1ccccc12. The zero-order chi connectivity index (χ0) is 18.2. The molecule has 2 atom stereocenters. The van der Waals surface area contributed by atoms with E-state index in [0.29, 0.717) is 25.0 Å². The van der Waals surface area contributed by atoms with Crippen LogP contribution < -0.4 is 5.32 Å². The van der Waals surface area contributed by atoms with Gasteiger partial charge >= 0.3 is 0 Å². The third kappa shape index (κ3) is 3.33. The van der Waals surface area contributed by atoms with Gasteiger partial charge in [0, 0.05) is 32.3 Å². The summed E-state index contributed by atoms with van der Waals surface area (Å²) in [7, 11) is -3.08. The van der Waals surface area contributed by atoms with Gasteiger partial charge in [-0.15, -0.1) is 0 Å². The highest BCUT2D eigenvalue weighted by atomic mass is 32.2. The van der Waals surface area contributed by atoms with E-state index in [1.165, 1.54) is 11.1 Å². The van der Waals surface area contributed by atoms with Crippen molar-refractivity contribution in [2.75, 3.05) is 38.6 Å². The maximum absolute atomic E-state index is 12.2. The van der Waals surface area contributed by atoms with E-state index in [1.807, 2.05) is 0 Å². The minimum absolute atomic E-state index is 0.125. The van der Waals surface area contributed by atoms with E-state index in [-0.39, 0.29) is 11.2 Å². The molecule has 2 unspecified atom stereocenters. The van der Waals surface area contributed by atoms with Crippen molar-refractivity contribution in [3.63, 3.8) is 0 Å². The lowest BCUT2D eigenvalue weighted by atomic mass is 9.74. The van der Waals surface area contributed by atoms with Gasteiger partial charge in [-0.25, -0.2) is 12.7 Å². The summed E-state index contributed by atoms with van der Waals surface area (Å²) < 4.78 is 31.6. The average molecular weight is 379 g/mol. The number of sulfonamides is 1. The maximum Gasteiger partial charge on any atom is 0.213 e. The van der Waals surface area contributed by atoms with Gasteiger partial charge in [0.2, 0.25) is 10.0 Å². The Kier molecular flexibility index (Phi) is 5.12. The van der Waals surface area contributed by atoms with Crippen molar-refractivity contribution in [1.82, 2.24) is 9.62 Å². The predicted octanol–water partition coefficient (Wildman–Crippen LogP) is 2.44. The average Bonchev–Trinajstić information content (AvgIpc) is 3.28. The topological polar surface area (TPSA) is 58.6 Å². The van der Waals surface area contributed by atoms with Crippen molar-refractivity contribution in [2.24, 2.45) is 5.92 Å². The molecule has 1 spiro atoms. The van der Waals surface area contributed by atoms with E-state index in [4.69, 9.17) is 4.74 Å². The van der Waals surface area contributed by atoms with E-state index in [1.54, 1.807) is 11.2 Å². The first-order valence-electron chi connectivity index (χ1n) is 9.92. The summed E-state index contributed by atoms with van der Waals surface area (Å²) in [6.45, 7) is 5.79. The number of rotatable bonds is 5. The van der Waals surface area contributed by atoms with Crippen LogP contribution in [0.5, 0.6) is 0 Å². The third-order valence-electron chi connectivity index (χ3n) is 6.62. The number of piperidine rings is 1. The van der Waals surface area contributed by atoms with E-state index in [9.17, 15) is 8.42 Å². The fourth-order valence-corrected chi connectivity index (χ4v) is 6.08. The van der Waals surface area contributed by atoms with E-state index in [2.05, 4.69) is 29.6 Å². The lowest BCUT2D eigenvalue weighted by Crippen LogP contribution is -2.45. The van der Waals surface area contributed by atoms with Crippen molar-refractivity contribution in [1.29, 1.82) is 0 Å². The van der Waals surface area contributed by atoms with Crippen molar-refractivity contribution in [3.8, 4) is 0 Å². The van der Waals surface area contributed by atoms with Crippen LogP contribution in [0.3, 0.4) is 0 Å². The van der Waals surface area contributed by atoms with Gasteiger partial charge in [0.15, 0.2) is 0 Å². The molecule has 0 bridgehead atoms. The predicted molar refractivity (Wildman–Crippen MR) is 103 cm³/mol. The molecule has 6 heteroatoms. The molecule has 2 heterocycles. The summed E-state index contributed by atoms with van der Waals surface area (Å²) in [6.07, 6.45) is 4.08. The van der Waals surface area contributed by atoms with Crippen molar-refractivity contribution >= 4 is 10.0 Å². The number of fused-ring (bicyclic) bond motifs is 2. The van der Waals surface area contributed by atoms with Crippen molar-refractivity contribution in [2.45, 2.75) is 44.1 Å². The molecular formula is C20H30N2O3S. The summed E-state index contributed by atoms with van der Waals surface area (Å²) in [5.74, 6) is 0.819. The molecule has 2 aliphatic heterocycles. The Morgan fingerprint density at radius 2 is 2.04 bits per heavy atom. The Labute approximate surface area is 157 Å². The van der Waals surface area contributed by atoms with Gasteiger partial charge in [0.25, 0.3) is 0 Å². The zero-order valence-electron chi connectivity index (χ0n) is 15.6. The van der Waals surface area contributed by atoms with Gasteiger partial charge in [0.05, 0.1) is 12.4 Å². The third-order valence-corrected chi connectivity index (χ3v) is 8.50. The van der Waals surface area contributed by atoms with Crippen LogP contribution in [0.1, 0.15) is 49.8 Å². The molecule has 3 aliphatic rings.